The first-order valence-electron chi connectivity index (χ1n) is 12.8. The molecule has 2 aromatic rings. The highest BCUT2D eigenvalue weighted by Gasteiger charge is 2.47. The molecule has 0 saturated carbocycles. The third-order valence-electron chi connectivity index (χ3n) is 7.56. The average Bonchev–Trinajstić information content (AvgIpc) is 2.96. The zero-order chi connectivity index (χ0) is 28.9. The van der Waals surface area contributed by atoms with Gasteiger partial charge in [0.25, 0.3) is 0 Å². The largest absolute Gasteiger partial charge is 0.461 e. The van der Waals surface area contributed by atoms with Gasteiger partial charge in [-0.15, -0.1) is 0 Å². The van der Waals surface area contributed by atoms with Crippen molar-refractivity contribution in [3.05, 3.63) is 35.4 Å². The summed E-state index contributed by atoms with van der Waals surface area (Å²) < 4.78 is 34.3. The second-order valence-corrected chi connectivity index (χ2v) is 10.1. The molecule has 0 spiro atoms. The Labute approximate surface area is 228 Å². The molecule has 12 atom stereocenters. The highest BCUT2D eigenvalue weighted by atomic mass is 16.7. The Balaban J connectivity index is 1.63. The summed E-state index contributed by atoms with van der Waals surface area (Å²) in [5, 5.41) is 83.7. The van der Waals surface area contributed by atoms with Gasteiger partial charge < -0.3 is 69.3 Å². The monoisotopic (exact) mass is 570 g/mol. The normalized spacial score (nSPS) is 40.0. The van der Waals surface area contributed by atoms with Crippen molar-refractivity contribution in [1.82, 2.24) is 0 Å². The lowest BCUT2D eigenvalue weighted by atomic mass is 9.92. The molecule has 3 heterocycles. The fourth-order valence-electron chi connectivity index (χ4n) is 5.26. The molecular weight excluding hydrogens is 536 g/mol. The van der Waals surface area contributed by atoms with E-state index in [-0.39, 0.29) is 29.2 Å². The molecule has 14 heteroatoms. The smallest absolute Gasteiger partial charge is 0.229 e. The van der Waals surface area contributed by atoms with E-state index >= 15 is 0 Å². The molecule has 3 aliphatic rings. The van der Waals surface area contributed by atoms with Crippen molar-refractivity contribution in [2.75, 3.05) is 13.7 Å². The Morgan fingerprint density at radius 2 is 1.32 bits per heavy atom. The highest BCUT2D eigenvalue weighted by Crippen LogP contribution is 2.49. The van der Waals surface area contributed by atoms with Crippen molar-refractivity contribution >= 4 is 10.8 Å². The first kappa shape index (κ1) is 29.3. The van der Waals surface area contributed by atoms with Gasteiger partial charge in [-0.2, -0.15) is 0 Å². The van der Waals surface area contributed by atoms with Crippen molar-refractivity contribution in [3.63, 3.8) is 0 Å². The minimum absolute atomic E-state index is 0.0223. The third kappa shape index (κ3) is 4.93. The molecule has 222 valence electrons. The van der Waals surface area contributed by atoms with Gasteiger partial charge in [-0.3, -0.25) is 0 Å². The van der Waals surface area contributed by atoms with Crippen LogP contribution >= 0.6 is 0 Å². The predicted molar refractivity (Wildman–Crippen MR) is 132 cm³/mol. The maximum atomic E-state index is 11.3. The number of rotatable bonds is 6. The van der Waals surface area contributed by atoms with Gasteiger partial charge >= 0.3 is 0 Å². The predicted octanol–water partition coefficient (Wildman–Crippen LogP) is -2.24. The number of hydrogen-bond acceptors (Lipinski definition) is 14. The van der Waals surface area contributed by atoms with Gasteiger partial charge in [-0.1, -0.05) is 24.3 Å². The summed E-state index contributed by atoms with van der Waals surface area (Å²) in [6.45, 7) is 0.679. The van der Waals surface area contributed by atoms with E-state index < -0.39 is 80.4 Å². The number of fused-ring (bicyclic) bond motifs is 2. The lowest BCUT2D eigenvalue weighted by Crippen LogP contribution is -2.60. The molecule has 40 heavy (non-hydrogen) atoms. The number of benzene rings is 2. The molecule has 0 aromatic heterocycles. The third-order valence-corrected chi connectivity index (χ3v) is 7.56. The lowest BCUT2D eigenvalue weighted by Gasteiger charge is -2.41. The van der Waals surface area contributed by atoms with E-state index in [0.29, 0.717) is 10.8 Å². The first-order valence-corrected chi connectivity index (χ1v) is 12.8. The summed E-state index contributed by atoms with van der Waals surface area (Å²) in [4.78, 5) is 0. The number of methoxy groups -OCH3 is 1. The topological polar surface area (TPSA) is 217 Å². The molecule has 2 aromatic carbocycles. The van der Waals surface area contributed by atoms with Gasteiger partial charge in [0.1, 0.15) is 60.3 Å². The Kier molecular flexibility index (Phi) is 8.50. The van der Waals surface area contributed by atoms with Crippen LogP contribution in [0.3, 0.4) is 0 Å². The molecule has 8 N–H and O–H groups in total. The first-order chi connectivity index (χ1) is 19.1. The minimum atomic E-state index is -1.72. The maximum Gasteiger partial charge on any atom is 0.229 e. The van der Waals surface area contributed by atoms with E-state index in [1.807, 2.05) is 0 Å². The summed E-state index contributed by atoms with van der Waals surface area (Å²) in [6, 6.07) is 6.65. The molecule has 0 amide bonds. The Bertz CT molecular complexity index is 1190. The Morgan fingerprint density at radius 1 is 0.750 bits per heavy atom. The number of hydrogen-bond donors (Lipinski definition) is 8. The maximum absolute atomic E-state index is 11.3. The van der Waals surface area contributed by atoms with E-state index in [1.165, 1.54) is 14.0 Å². The highest BCUT2D eigenvalue weighted by molar-refractivity contribution is 5.96. The van der Waals surface area contributed by atoms with Crippen molar-refractivity contribution in [3.8, 4) is 11.5 Å². The summed E-state index contributed by atoms with van der Waals surface area (Å²) >= 11 is 0. The van der Waals surface area contributed by atoms with Crippen LogP contribution in [-0.4, -0.2) is 122 Å². The molecule has 5 rings (SSSR count). The van der Waals surface area contributed by atoms with Gasteiger partial charge in [0.05, 0.1) is 19.3 Å². The van der Waals surface area contributed by atoms with E-state index in [9.17, 15) is 40.9 Å². The lowest BCUT2D eigenvalue weighted by molar-refractivity contribution is -0.278. The molecule has 0 unspecified atom stereocenters. The summed E-state index contributed by atoms with van der Waals surface area (Å²) in [5.41, 5.74) is 0.394. The zero-order valence-electron chi connectivity index (χ0n) is 21.7. The van der Waals surface area contributed by atoms with Crippen molar-refractivity contribution in [1.29, 1.82) is 0 Å². The fourth-order valence-corrected chi connectivity index (χ4v) is 5.26. The van der Waals surface area contributed by atoms with E-state index in [4.69, 9.17) is 28.4 Å². The van der Waals surface area contributed by atoms with Gasteiger partial charge in [0.2, 0.25) is 12.6 Å². The average molecular weight is 571 g/mol. The van der Waals surface area contributed by atoms with Crippen LogP contribution in [0.2, 0.25) is 0 Å². The second kappa shape index (κ2) is 11.6. The van der Waals surface area contributed by atoms with Crippen molar-refractivity contribution in [2.24, 2.45) is 0 Å². The number of aliphatic hydroxyl groups excluding tert-OH is 8. The molecule has 0 bridgehead atoms. The Morgan fingerprint density at radius 3 is 1.95 bits per heavy atom. The molecule has 0 aliphatic carbocycles. The number of aliphatic hydroxyl groups is 8. The fraction of sp³-hybridized carbons (Fsp3) is 0.615. The second-order valence-electron chi connectivity index (χ2n) is 10.1. The van der Waals surface area contributed by atoms with Crippen molar-refractivity contribution < 1.29 is 69.3 Å². The van der Waals surface area contributed by atoms with Crippen LogP contribution in [0, 0.1) is 0 Å². The molecule has 14 nitrogen and oxygen atoms in total. The van der Waals surface area contributed by atoms with Gasteiger partial charge in [-0.25, -0.2) is 0 Å². The summed E-state index contributed by atoms with van der Waals surface area (Å²) in [5.74, 6) is 0.147. The van der Waals surface area contributed by atoms with E-state index in [0.717, 1.165) is 0 Å². The molecule has 2 fully saturated rings. The van der Waals surface area contributed by atoms with Crippen LogP contribution in [0.5, 0.6) is 11.5 Å². The van der Waals surface area contributed by atoms with Crippen LogP contribution < -0.4 is 9.47 Å². The van der Waals surface area contributed by atoms with Crippen LogP contribution in [0.25, 0.3) is 10.8 Å². The Hall–Kier alpha value is -2.18. The SMILES string of the molecule is CO[C@H]1OCc2c(c(O[C@@H]3O[C@H](CO)[C@@H](O)[C@H](O)[C@H]3O)c3ccccc3c2O[C@@H]2O[C@H](C)[C@@H](O)[C@H](O)[C@H]2O)[C@@H]1O. The van der Waals surface area contributed by atoms with E-state index in [1.54, 1.807) is 24.3 Å². The minimum Gasteiger partial charge on any atom is -0.461 e. The molecular formula is C26H34O14. The zero-order valence-corrected chi connectivity index (χ0v) is 21.7. The summed E-state index contributed by atoms with van der Waals surface area (Å²) in [6.07, 6.45) is -17.2. The molecule has 2 saturated heterocycles. The molecule has 3 aliphatic heterocycles. The number of ether oxygens (including phenoxy) is 6. The standard InChI is InChI=1S/C26H34O14/c1-9-15(28)18(31)20(33)25(37-9)39-22-10-5-3-4-6-11(10)23(14-12(22)8-36-24(35-2)17(14)30)40-26-21(34)19(32)16(29)13(7-27)38-26/h3-6,9,13,15-21,24-34H,7-8H2,1-2H3/t9-,13-,15-,16-,17+,18+,19+,20-,21-,24+,25+,26+/m1/s1. The van der Waals surface area contributed by atoms with Crippen LogP contribution in [0.15, 0.2) is 24.3 Å². The van der Waals surface area contributed by atoms with E-state index in [2.05, 4.69) is 0 Å². The molecule has 0 radical (unpaired) electrons. The van der Waals surface area contributed by atoms with Crippen LogP contribution in [0.4, 0.5) is 0 Å². The van der Waals surface area contributed by atoms with Gasteiger partial charge in [0, 0.05) is 29.0 Å². The summed E-state index contributed by atoms with van der Waals surface area (Å²) in [7, 11) is 1.33. The van der Waals surface area contributed by atoms with Gasteiger partial charge in [0.15, 0.2) is 6.29 Å². The van der Waals surface area contributed by atoms with Crippen LogP contribution in [0.1, 0.15) is 24.2 Å². The van der Waals surface area contributed by atoms with Crippen molar-refractivity contribution in [2.45, 2.75) is 87.3 Å². The van der Waals surface area contributed by atoms with Gasteiger partial charge in [-0.05, 0) is 6.92 Å². The quantitative estimate of drug-likeness (QED) is 0.184. The van der Waals surface area contributed by atoms with Crippen LogP contribution in [-0.2, 0) is 25.6 Å².